The maximum Gasteiger partial charge on any atom is 0.473 e. The largest absolute Gasteiger partial charge is 0.780 e. The predicted octanol–water partition coefficient (Wildman–Crippen LogP) is 5.81. The van der Waals surface area contributed by atoms with Crippen LogP contribution in [0.2, 0.25) is 0 Å². The molecule has 6 saturated heterocycles. The first-order valence-corrected chi connectivity index (χ1v) is 35.4. The monoisotopic (exact) mass is 1350 g/mol. The van der Waals surface area contributed by atoms with Crippen molar-refractivity contribution in [3.8, 4) is 0 Å². The Kier molecular flexibility index (Phi) is 47.4. The molecule has 6 rings (SSSR count). The van der Waals surface area contributed by atoms with Crippen molar-refractivity contribution in [3.05, 3.63) is 0 Å². The third-order valence-electron chi connectivity index (χ3n) is 12.8. The number of phosphoric acid groups is 1. The molecule has 0 bridgehead atoms. The minimum Gasteiger partial charge on any atom is -0.780 e. The third-order valence-corrected chi connectivity index (χ3v) is 17.0. The van der Waals surface area contributed by atoms with Gasteiger partial charge in [-0.3, -0.25) is 18.1 Å². The number of hydrogen-bond donors (Lipinski definition) is 2. The Balaban J connectivity index is 0. The average Bonchev–Trinajstić information content (AvgIpc) is 4.48. The first-order chi connectivity index (χ1) is 40.0. The second-order valence-electron chi connectivity index (χ2n) is 22.9. The van der Waals surface area contributed by atoms with Gasteiger partial charge in [0.2, 0.25) is 0 Å². The fourth-order valence-electron chi connectivity index (χ4n) is 9.03. The lowest BCUT2D eigenvalue weighted by Gasteiger charge is -2.33. The van der Waals surface area contributed by atoms with Gasteiger partial charge in [0.05, 0.1) is 113 Å². The van der Waals surface area contributed by atoms with Crippen molar-refractivity contribution >= 4 is 81.0 Å². The van der Waals surface area contributed by atoms with E-state index in [1.54, 1.807) is 0 Å². The summed E-state index contributed by atoms with van der Waals surface area (Å²) >= 11 is 5.04. The number of rotatable bonds is 29. The molecule has 514 valence electrons. The van der Waals surface area contributed by atoms with E-state index >= 15 is 0 Å². The number of hydrogen-bond acceptors (Lipinski definition) is 25. The molecule has 0 amide bonds. The second kappa shape index (κ2) is 46.0. The van der Waals surface area contributed by atoms with Crippen molar-refractivity contribution in [2.75, 3.05) is 67.6 Å². The Morgan fingerprint density at radius 2 is 0.730 bits per heavy atom. The van der Waals surface area contributed by atoms with E-state index < -0.39 is 76.7 Å². The quantitative estimate of drug-likeness (QED) is 0.0660. The van der Waals surface area contributed by atoms with Gasteiger partial charge in [-0.25, -0.2) is 4.57 Å². The van der Waals surface area contributed by atoms with Crippen LogP contribution in [0, 0.1) is 0 Å². The highest BCUT2D eigenvalue weighted by Crippen LogP contribution is 2.49. The Morgan fingerprint density at radius 3 is 1.03 bits per heavy atom. The van der Waals surface area contributed by atoms with Gasteiger partial charge in [0.1, 0.15) is 90.4 Å². The van der Waals surface area contributed by atoms with E-state index in [9.17, 15) is 19.1 Å². The number of ether oxygens (including phenoxy) is 12. The highest BCUT2D eigenvalue weighted by molar-refractivity contribution is 8.06. The van der Waals surface area contributed by atoms with Crippen LogP contribution in [0.3, 0.4) is 0 Å². The molecule has 0 aromatic rings. The summed E-state index contributed by atoms with van der Waals surface area (Å²) in [6, 6.07) is -2.49. The van der Waals surface area contributed by atoms with Crippen LogP contribution in [-0.4, -0.2) is 271 Å². The van der Waals surface area contributed by atoms with Gasteiger partial charge in [-0.2, -0.15) is 0 Å². The highest BCUT2D eigenvalue weighted by atomic mass is 32.5. The molecule has 2 N–H and O–H groups in total. The number of phosphoric ester groups is 1. The highest BCUT2D eigenvalue weighted by Gasteiger charge is 2.42. The SMILES string of the molecule is C.C.C.COP(=O)(OC)OC.[B][C@H]1CC(O)[C@@H](COC(C)C)O1.[B][C@H]1CC(OC(C)C)[C@@H](CO)O1.[B][C@H]1CC(OC(C)C)[C@@H](COP(C)(=O)OC2C[C@H]([B])O[C@@H]2COC(C)C)O1.[B][C@H]1CC(OC(C)C)[C@@H](COP([O-])(=S)OC2C[C@H]([B])O[C@@H]2COC(C)C)O1. The zero-order valence-electron chi connectivity index (χ0n) is 53.4. The summed E-state index contributed by atoms with van der Waals surface area (Å²) in [5, 5.41) is 18.3. The summed E-state index contributed by atoms with van der Waals surface area (Å²) in [5.41, 5.74) is 0. The van der Waals surface area contributed by atoms with Crippen LogP contribution in [0.1, 0.15) is 144 Å². The molecule has 34 heteroatoms. The van der Waals surface area contributed by atoms with Crippen LogP contribution < -0.4 is 4.89 Å². The number of aliphatic hydroxyl groups is 2. The van der Waals surface area contributed by atoms with E-state index in [-0.39, 0.29) is 140 Å². The topological polar surface area (TPSA) is 273 Å². The third kappa shape index (κ3) is 37.8. The first-order valence-electron chi connectivity index (χ1n) is 29.4. The van der Waals surface area contributed by atoms with Crippen molar-refractivity contribution in [2.24, 2.45) is 0 Å². The maximum absolute atomic E-state index is 12.8. The van der Waals surface area contributed by atoms with Crippen LogP contribution in [0.25, 0.3) is 0 Å². The first kappa shape index (κ1) is 91.7. The minimum absolute atomic E-state index is 0. The molecule has 0 spiro atoms. The summed E-state index contributed by atoms with van der Waals surface area (Å²) in [7, 11) is 31.6. The summed E-state index contributed by atoms with van der Waals surface area (Å²) in [5.74, 6) is 0. The fourth-order valence-corrected chi connectivity index (χ4v) is 12.1. The molecule has 89 heavy (non-hydrogen) atoms. The van der Waals surface area contributed by atoms with Crippen molar-refractivity contribution in [3.63, 3.8) is 0 Å². The molecule has 6 aliphatic rings. The fraction of sp³-hybridized carbons (Fsp3) is 1.00. The summed E-state index contributed by atoms with van der Waals surface area (Å²) in [6.45, 7) is 21.9. The molecule has 24 nitrogen and oxygen atoms in total. The van der Waals surface area contributed by atoms with Gasteiger partial charge in [-0.05, 0) is 122 Å². The zero-order valence-corrected chi connectivity index (χ0v) is 56.9. The van der Waals surface area contributed by atoms with Gasteiger partial charge in [0.15, 0.2) is 0 Å². The molecule has 6 heterocycles. The molecule has 0 aromatic carbocycles. The van der Waals surface area contributed by atoms with Crippen molar-refractivity contribution in [1.82, 2.24) is 0 Å². The molecule has 20 atom stereocenters. The van der Waals surface area contributed by atoms with Gasteiger partial charge >= 0.3 is 15.4 Å². The Bertz CT molecular complexity index is 1870. The average molecular weight is 1350 g/mol. The van der Waals surface area contributed by atoms with E-state index in [1.807, 2.05) is 83.1 Å². The van der Waals surface area contributed by atoms with Crippen LogP contribution in [-0.2, 0) is 109 Å². The van der Waals surface area contributed by atoms with Crippen molar-refractivity contribution in [2.45, 2.75) is 290 Å². The Morgan fingerprint density at radius 1 is 0.449 bits per heavy atom. The molecule has 6 fully saturated rings. The minimum atomic E-state index is -3.77. The van der Waals surface area contributed by atoms with Gasteiger partial charge in [-0.1, -0.05) is 34.1 Å². The molecular weight excluding hydrogens is 1230 g/mol. The van der Waals surface area contributed by atoms with E-state index in [1.165, 1.54) is 28.0 Å². The van der Waals surface area contributed by atoms with Crippen molar-refractivity contribution in [1.29, 1.82) is 0 Å². The smallest absolute Gasteiger partial charge is 0.473 e. The normalized spacial score (nSPS) is 33.0. The van der Waals surface area contributed by atoms with Gasteiger partial charge in [-0.15, -0.1) is 0 Å². The Hall–Kier alpha value is 0.620. The van der Waals surface area contributed by atoms with Crippen LogP contribution >= 0.6 is 22.1 Å². The lowest BCUT2D eigenvalue weighted by molar-refractivity contribution is -0.216. The van der Waals surface area contributed by atoms with E-state index in [0.29, 0.717) is 51.7 Å². The van der Waals surface area contributed by atoms with Crippen LogP contribution in [0.5, 0.6) is 0 Å². The summed E-state index contributed by atoms with van der Waals surface area (Å²) < 4.78 is 125. The lowest BCUT2D eigenvalue weighted by Crippen LogP contribution is -2.33. The molecular formula is C55H110B6O24P3S-. The van der Waals surface area contributed by atoms with Crippen molar-refractivity contribution < 1.29 is 113 Å². The number of aliphatic hydroxyl groups excluding tert-OH is 2. The standard InChI is InChI=1S/C17H31B2O7P.C16H29B2O7PS.2C8H15BO3.C3H9O4P.3CH4/c1-10(2)21-8-14-13(7-17(19)24-14)26-27(5,20)22-9-15-12(23-11(3)4)6-16(18)25-15;1-9(2)20-7-13-12(6-16(18)23-13)25-26(19,27)21-8-14-11(22-10(3)4)5-15(17)24-14;1-5(2)11-4-7-6(10)3-8(9)12-7;1-5(2)11-6-3-8(9)12-7(6)4-10;1-5-8(4,6-2)7-3;;;/h10-17H,6-9H2,1-5H3;9-16H,5-8H2,1-4H3,(H,19,27);2*5-8,10H,3-4H2,1-2H3;1-3H3;3*1H4/p-1/t12?,13?,14-,15-,16-,17-,27?;11?,12?,13-,14-,15-,16-,26?;2*6?,7-,8-;;;;/m1111..../s1. The van der Waals surface area contributed by atoms with Crippen LogP contribution in [0.4, 0.5) is 0 Å². The van der Waals surface area contributed by atoms with Gasteiger partial charge < -0.3 is 90.0 Å². The van der Waals surface area contributed by atoms with Gasteiger partial charge in [0.25, 0.3) is 0 Å². The van der Waals surface area contributed by atoms with E-state index in [2.05, 4.69) is 13.6 Å². The molecule has 6 aliphatic heterocycles. The van der Waals surface area contributed by atoms with Crippen LogP contribution in [0.15, 0.2) is 0 Å². The molecule has 12 radical (unpaired) electrons. The molecule has 0 aromatic heterocycles. The Labute approximate surface area is 548 Å². The van der Waals surface area contributed by atoms with E-state index in [0.717, 1.165) is 0 Å². The van der Waals surface area contributed by atoms with Gasteiger partial charge in [0, 0.05) is 64.0 Å². The lowest BCUT2D eigenvalue weighted by atomic mass is 9.96. The molecule has 8 unspecified atom stereocenters. The van der Waals surface area contributed by atoms with E-state index in [4.69, 9.17) is 139 Å². The summed E-state index contributed by atoms with van der Waals surface area (Å²) in [6.07, 6.45) is -0.634. The maximum atomic E-state index is 12.8. The molecule has 0 saturated carbocycles. The summed E-state index contributed by atoms with van der Waals surface area (Å²) in [4.78, 5) is 12.6. The zero-order chi connectivity index (χ0) is 65.3. The molecule has 0 aliphatic carbocycles. The second-order valence-corrected chi connectivity index (χ2v) is 29.6. The predicted molar refractivity (Wildman–Crippen MR) is 349 cm³/mol.